The van der Waals surface area contributed by atoms with Gasteiger partial charge in [-0.15, -0.1) is 0 Å². The number of pyridine rings is 1. The van der Waals surface area contributed by atoms with Crippen molar-refractivity contribution < 1.29 is 19.8 Å². The van der Waals surface area contributed by atoms with Gasteiger partial charge in [-0.3, -0.25) is 9.59 Å². The van der Waals surface area contributed by atoms with E-state index in [1.165, 1.54) is 0 Å². The third-order valence-electron chi connectivity index (χ3n) is 4.93. The Morgan fingerprint density at radius 3 is 2.54 bits per heavy atom. The van der Waals surface area contributed by atoms with Crippen LogP contribution in [0, 0.1) is 6.92 Å². The smallest absolute Gasteiger partial charge is 0.290 e. The molecule has 6 nitrogen and oxygen atoms in total. The van der Waals surface area contributed by atoms with Gasteiger partial charge in [0.1, 0.15) is 0 Å². The van der Waals surface area contributed by atoms with Gasteiger partial charge in [-0.2, -0.15) is 0 Å². The molecule has 1 fully saturated rings. The van der Waals surface area contributed by atoms with Gasteiger partial charge in [-0.1, -0.05) is 42.5 Å². The van der Waals surface area contributed by atoms with E-state index in [0.29, 0.717) is 13.0 Å². The lowest BCUT2D eigenvalue weighted by molar-refractivity contribution is -0.123. The average molecular weight is 378 g/mol. The molecule has 28 heavy (non-hydrogen) atoms. The summed E-state index contributed by atoms with van der Waals surface area (Å²) in [7, 11) is 0. The van der Waals surface area contributed by atoms with Crippen molar-refractivity contribution in [3.63, 3.8) is 0 Å². The molecule has 0 spiro atoms. The van der Waals surface area contributed by atoms with Crippen molar-refractivity contribution in [1.82, 2.24) is 10.3 Å². The van der Waals surface area contributed by atoms with Gasteiger partial charge in [0.15, 0.2) is 0 Å². The molecular formula is C22H22N2O4. The zero-order valence-electron chi connectivity index (χ0n) is 15.6. The summed E-state index contributed by atoms with van der Waals surface area (Å²) < 4.78 is 0. The summed E-state index contributed by atoms with van der Waals surface area (Å²) in [5.41, 5.74) is 5.86. The van der Waals surface area contributed by atoms with E-state index in [4.69, 9.17) is 14.9 Å². The maximum Gasteiger partial charge on any atom is 0.290 e. The SMILES string of the molecule is Cc1cccc2cc(CO)c(-c3ccc(C4CNC(=O)C4)cc3)nc12.O=CO. The highest BCUT2D eigenvalue weighted by molar-refractivity contribution is 5.86. The number of hydrogen-bond acceptors (Lipinski definition) is 4. The lowest BCUT2D eigenvalue weighted by Gasteiger charge is -2.12. The van der Waals surface area contributed by atoms with Crippen LogP contribution in [0.15, 0.2) is 48.5 Å². The molecule has 1 amide bonds. The zero-order chi connectivity index (χ0) is 20.1. The van der Waals surface area contributed by atoms with E-state index in [1.54, 1.807) is 0 Å². The molecular weight excluding hydrogens is 356 g/mol. The van der Waals surface area contributed by atoms with Crippen molar-refractivity contribution in [3.05, 3.63) is 65.2 Å². The Morgan fingerprint density at radius 2 is 1.93 bits per heavy atom. The van der Waals surface area contributed by atoms with Gasteiger partial charge < -0.3 is 15.5 Å². The number of carboxylic acid groups (broad SMARTS) is 1. The summed E-state index contributed by atoms with van der Waals surface area (Å²) in [6.07, 6.45) is 0.550. The van der Waals surface area contributed by atoms with Crippen molar-refractivity contribution in [1.29, 1.82) is 0 Å². The van der Waals surface area contributed by atoms with Crippen LogP contribution in [-0.4, -0.2) is 34.1 Å². The minimum Gasteiger partial charge on any atom is -0.483 e. The zero-order valence-corrected chi connectivity index (χ0v) is 15.6. The van der Waals surface area contributed by atoms with E-state index in [-0.39, 0.29) is 24.9 Å². The Labute approximate surface area is 162 Å². The molecule has 1 atom stereocenters. The quantitative estimate of drug-likeness (QED) is 0.609. The minimum absolute atomic E-state index is 0.0466. The van der Waals surface area contributed by atoms with Crippen molar-refractivity contribution in [3.8, 4) is 11.3 Å². The molecule has 0 saturated carbocycles. The van der Waals surface area contributed by atoms with Crippen LogP contribution < -0.4 is 5.32 Å². The molecule has 2 aromatic carbocycles. The summed E-state index contributed by atoms with van der Waals surface area (Å²) in [5.74, 6) is 0.356. The first-order valence-corrected chi connectivity index (χ1v) is 9.02. The Hall–Kier alpha value is -3.25. The van der Waals surface area contributed by atoms with Gasteiger partial charge in [0.25, 0.3) is 6.47 Å². The Morgan fingerprint density at radius 1 is 1.21 bits per heavy atom. The maximum absolute atomic E-state index is 11.4. The fourth-order valence-electron chi connectivity index (χ4n) is 3.52. The second-order valence-electron chi connectivity index (χ2n) is 6.73. The average Bonchev–Trinajstić information content (AvgIpc) is 3.14. The van der Waals surface area contributed by atoms with Crippen molar-refractivity contribution in [2.45, 2.75) is 25.9 Å². The predicted octanol–water partition coefficient (Wildman–Crippen LogP) is 3.01. The third-order valence-corrected chi connectivity index (χ3v) is 4.93. The number of carbonyl (C=O) groups excluding carboxylic acids is 1. The van der Waals surface area contributed by atoms with E-state index < -0.39 is 0 Å². The van der Waals surface area contributed by atoms with Gasteiger partial charge in [0.05, 0.1) is 17.8 Å². The van der Waals surface area contributed by atoms with Crippen LogP contribution in [0.2, 0.25) is 0 Å². The highest BCUT2D eigenvalue weighted by Crippen LogP contribution is 2.30. The lowest BCUT2D eigenvalue weighted by atomic mass is 9.95. The number of aryl methyl sites for hydroxylation is 1. The molecule has 1 unspecified atom stereocenters. The fourth-order valence-corrected chi connectivity index (χ4v) is 3.52. The summed E-state index contributed by atoms with van der Waals surface area (Å²) in [6.45, 7) is 2.45. The van der Waals surface area contributed by atoms with Gasteiger partial charge in [-0.05, 0) is 24.1 Å². The van der Waals surface area contributed by atoms with Crippen LogP contribution in [0.4, 0.5) is 0 Å². The number of nitrogens with one attached hydrogen (secondary N) is 1. The molecule has 0 radical (unpaired) electrons. The number of aliphatic hydroxyl groups is 1. The predicted molar refractivity (Wildman–Crippen MR) is 107 cm³/mol. The first kappa shape index (κ1) is 19.5. The fraction of sp³-hybridized carbons (Fsp3) is 0.227. The van der Waals surface area contributed by atoms with Crippen LogP contribution >= 0.6 is 0 Å². The van der Waals surface area contributed by atoms with E-state index in [2.05, 4.69) is 17.4 Å². The van der Waals surface area contributed by atoms with E-state index >= 15 is 0 Å². The third kappa shape index (κ3) is 4.02. The molecule has 1 aliphatic rings. The largest absolute Gasteiger partial charge is 0.483 e. The van der Waals surface area contributed by atoms with Crippen LogP contribution in [0.1, 0.15) is 29.0 Å². The Kier molecular flexibility index (Phi) is 6.01. The van der Waals surface area contributed by atoms with Gasteiger partial charge >= 0.3 is 0 Å². The Balaban J connectivity index is 0.000000706. The van der Waals surface area contributed by atoms with Crippen molar-refractivity contribution in [2.24, 2.45) is 0 Å². The lowest BCUT2D eigenvalue weighted by Crippen LogP contribution is -2.13. The number of benzene rings is 2. The van der Waals surface area contributed by atoms with Gasteiger partial charge in [-0.25, -0.2) is 4.98 Å². The van der Waals surface area contributed by atoms with Crippen molar-refractivity contribution >= 4 is 23.3 Å². The maximum atomic E-state index is 11.4. The molecule has 1 aliphatic heterocycles. The van der Waals surface area contributed by atoms with Crippen LogP contribution in [-0.2, 0) is 16.2 Å². The number of aliphatic hydroxyl groups excluding tert-OH is 1. The number of nitrogens with zero attached hydrogens (tertiary/aromatic N) is 1. The number of hydrogen-bond donors (Lipinski definition) is 3. The van der Waals surface area contributed by atoms with Crippen LogP contribution in [0.3, 0.4) is 0 Å². The number of carbonyl (C=O) groups is 2. The molecule has 3 N–H and O–H groups in total. The first-order chi connectivity index (χ1) is 13.6. The highest BCUT2D eigenvalue weighted by atomic mass is 16.3. The molecule has 2 heterocycles. The normalized spacial score (nSPS) is 15.6. The second-order valence-corrected chi connectivity index (χ2v) is 6.73. The first-order valence-electron chi connectivity index (χ1n) is 9.02. The molecule has 1 saturated heterocycles. The molecule has 3 aromatic rings. The molecule has 1 aromatic heterocycles. The topological polar surface area (TPSA) is 99.5 Å². The minimum atomic E-state index is -0.250. The highest BCUT2D eigenvalue weighted by Gasteiger charge is 2.23. The molecule has 0 aliphatic carbocycles. The van der Waals surface area contributed by atoms with Crippen LogP contribution in [0.5, 0.6) is 0 Å². The van der Waals surface area contributed by atoms with Gasteiger partial charge in [0.2, 0.25) is 5.91 Å². The summed E-state index contributed by atoms with van der Waals surface area (Å²) >= 11 is 0. The Bertz CT molecular complexity index is 999. The van der Waals surface area contributed by atoms with Gasteiger partial charge in [0, 0.05) is 35.4 Å². The van der Waals surface area contributed by atoms with E-state index in [1.807, 2.05) is 43.3 Å². The number of amides is 1. The number of rotatable bonds is 3. The number of fused-ring (bicyclic) bond motifs is 1. The molecule has 6 heteroatoms. The molecule has 4 rings (SSSR count). The van der Waals surface area contributed by atoms with E-state index in [9.17, 15) is 9.90 Å². The van der Waals surface area contributed by atoms with Crippen molar-refractivity contribution in [2.75, 3.05) is 6.54 Å². The second kappa shape index (κ2) is 8.63. The van der Waals surface area contributed by atoms with Crippen LogP contribution in [0.25, 0.3) is 22.2 Å². The summed E-state index contributed by atoms with van der Waals surface area (Å²) in [5, 5.41) is 20.6. The van der Waals surface area contributed by atoms with E-state index in [0.717, 1.165) is 38.9 Å². The standard InChI is InChI=1S/C21H20N2O2.CH2O2/c1-13-3-2-4-16-9-18(12-24)21(23-20(13)16)15-7-5-14(6-8-15)17-10-19(25)22-11-17;2-1-3/h2-9,17,24H,10-12H2,1H3,(H,22,25);1H,(H,2,3). The molecule has 0 bridgehead atoms. The number of aromatic nitrogens is 1. The summed E-state index contributed by atoms with van der Waals surface area (Å²) in [4.78, 5) is 24.6. The monoisotopic (exact) mass is 378 g/mol. The summed E-state index contributed by atoms with van der Waals surface area (Å²) in [6, 6.07) is 16.3. The molecule has 144 valence electrons. The number of para-hydroxylation sites is 1.